The molecule has 4 heteroatoms. The Bertz CT molecular complexity index is 385. The molecule has 1 aromatic rings. The minimum atomic E-state index is -1.09. The van der Waals surface area contributed by atoms with Crippen molar-refractivity contribution >= 4 is 17.6 Å². The predicted molar refractivity (Wildman–Crippen MR) is 58.7 cm³/mol. The van der Waals surface area contributed by atoms with Gasteiger partial charge in [-0.3, -0.25) is 0 Å². The number of carboxylic acids is 1. The lowest BCUT2D eigenvalue weighted by Crippen LogP contribution is -2.03. The molecular formula is C11H11ClO3. The first-order valence-corrected chi connectivity index (χ1v) is 4.80. The van der Waals surface area contributed by atoms with Crippen molar-refractivity contribution in [3.8, 4) is 5.75 Å². The van der Waals surface area contributed by atoms with E-state index in [1.807, 2.05) is 13.0 Å². The van der Waals surface area contributed by atoms with Crippen LogP contribution in [-0.4, -0.2) is 17.7 Å². The van der Waals surface area contributed by atoms with Crippen LogP contribution in [-0.2, 0) is 0 Å². The maximum atomic E-state index is 10.9. The van der Waals surface area contributed by atoms with Gasteiger partial charge in [-0.05, 0) is 19.1 Å². The van der Waals surface area contributed by atoms with Crippen molar-refractivity contribution in [3.05, 3.63) is 40.9 Å². The predicted octanol–water partition coefficient (Wildman–Crippen LogP) is 2.99. The van der Waals surface area contributed by atoms with Gasteiger partial charge >= 0.3 is 5.97 Å². The summed E-state index contributed by atoms with van der Waals surface area (Å²) >= 11 is 5.76. The number of hydrogen-bond donors (Lipinski definition) is 1. The van der Waals surface area contributed by atoms with Crippen LogP contribution < -0.4 is 4.74 Å². The van der Waals surface area contributed by atoms with Crippen LogP contribution in [0.15, 0.2) is 30.4 Å². The molecule has 1 N–H and O–H groups in total. The zero-order valence-corrected chi connectivity index (χ0v) is 8.99. The van der Waals surface area contributed by atoms with E-state index >= 15 is 0 Å². The van der Waals surface area contributed by atoms with Gasteiger partial charge < -0.3 is 9.84 Å². The quantitative estimate of drug-likeness (QED) is 0.803. The summed E-state index contributed by atoms with van der Waals surface area (Å²) in [6.45, 7) is 2.19. The summed E-state index contributed by atoms with van der Waals surface area (Å²) in [4.78, 5) is 10.9. The summed E-state index contributed by atoms with van der Waals surface area (Å²) in [6, 6.07) is 4.76. The van der Waals surface area contributed by atoms with Crippen LogP contribution in [0.4, 0.5) is 0 Å². The molecule has 0 saturated heterocycles. The molecule has 0 unspecified atom stereocenters. The number of carbonyl (C=O) groups is 1. The first kappa shape index (κ1) is 11.6. The van der Waals surface area contributed by atoms with Gasteiger partial charge in [0.05, 0.1) is 5.02 Å². The van der Waals surface area contributed by atoms with E-state index in [4.69, 9.17) is 21.4 Å². The molecule has 0 spiro atoms. The average molecular weight is 227 g/mol. The molecule has 0 aliphatic rings. The van der Waals surface area contributed by atoms with Gasteiger partial charge in [-0.2, -0.15) is 0 Å². The van der Waals surface area contributed by atoms with Crippen molar-refractivity contribution in [3.63, 3.8) is 0 Å². The molecule has 0 amide bonds. The van der Waals surface area contributed by atoms with Gasteiger partial charge in [-0.15, -0.1) is 0 Å². The van der Waals surface area contributed by atoms with Gasteiger partial charge in [-0.1, -0.05) is 29.8 Å². The molecule has 1 aromatic carbocycles. The van der Waals surface area contributed by atoms with E-state index < -0.39 is 5.97 Å². The lowest BCUT2D eigenvalue weighted by molar-refractivity contribution is 0.0693. The van der Waals surface area contributed by atoms with E-state index in [2.05, 4.69) is 0 Å². The summed E-state index contributed by atoms with van der Waals surface area (Å²) in [5, 5.41) is 9.10. The van der Waals surface area contributed by atoms with E-state index in [1.165, 1.54) is 6.07 Å². The second-order valence-electron chi connectivity index (χ2n) is 2.80. The average Bonchev–Trinajstić information content (AvgIpc) is 2.17. The Balaban J connectivity index is 2.95. The Hall–Kier alpha value is -1.48. The zero-order valence-electron chi connectivity index (χ0n) is 8.24. The third kappa shape index (κ3) is 2.99. The summed E-state index contributed by atoms with van der Waals surface area (Å²) < 4.78 is 5.27. The van der Waals surface area contributed by atoms with E-state index in [-0.39, 0.29) is 16.3 Å². The smallest absolute Gasteiger partial charge is 0.341 e. The highest BCUT2D eigenvalue weighted by Crippen LogP contribution is 2.26. The third-order valence-electron chi connectivity index (χ3n) is 1.76. The fraction of sp³-hybridized carbons (Fsp3) is 0.182. The zero-order chi connectivity index (χ0) is 11.3. The van der Waals surface area contributed by atoms with Crippen molar-refractivity contribution < 1.29 is 14.6 Å². The minimum absolute atomic E-state index is 0.00340. The SMILES string of the molecule is CC=CCOc1cccc(Cl)c1C(=O)O. The molecule has 1 rings (SSSR count). The van der Waals surface area contributed by atoms with Crippen molar-refractivity contribution in [2.45, 2.75) is 6.92 Å². The number of allylic oxidation sites excluding steroid dienone is 1. The molecule has 0 radical (unpaired) electrons. The Kier molecular flexibility index (Phi) is 4.18. The Morgan fingerprint density at radius 3 is 2.93 bits per heavy atom. The van der Waals surface area contributed by atoms with Gasteiger partial charge in [0.15, 0.2) is 0 Å². The van der Waals surface area contributed by atoms with Gasteiger partial charge in [0.2, 0.25) is 0 Å². The summed E-state index contributed by atoms with van der Waals surface area (Å²) in [5.74, 6) is -0.802. The summed E-state index contributed by atoms with van der Waals surface area (Å²) in [7, 11) is 0. The highest BCUT2D eigenvalue weighted by Gasteiger charge is 2.14. The standard InChI is InChI=1S/C11H11ClO3/c1-2-3-7-15-9-6-4-5-8(12)10(9)11(13)14/h2-6H,7H2,1H3,(H,13,14). The number of hydrogen-bond acceptors (Lipinski definition) is 2. The third-order valence-corrected chi connectivity index (χ3v) is 2.07. The van der Waals surface area contributed by atoms with Crippen LogP contribution >= 0.6 is 11.6 Å². The minimum Gasteiger partial charge on any atom is -0.489 e. The van der Waals surface area contributed by atoms with Crippen molar-refractivity contribution in [1.82, 2.24) is 0 Å². The largest absolute Gasteiger partial charge is 0.489 e. The van der Waals surface area contributed by atoms with Crippen molar-refractivity contribution in [2.75, 3.05) is 6.61 Å². The van der Waals surface area contributed by atoms with Gasteiger partial charge in [0.1, 0.15) is 17.9 Å². The maximum absolute atomic E-state index is 10.9. The van der Waals surface area contributed by atoms with Gasteiger partial charge in [0.25, 0.3) is 0 Å². The van der Waals surface area contributed by atoms with Crippen molar-refractivity contribution in [2.24, 2.45) is 0 Å². The lowest BCUT2D eigenvalue weighted by Gasteiger charge is -2.07. The van der Waals surface area contributed by atoms with Crippen LogP contribution in [0.2, 0.25) is 5.02 Å². The first-order valence-electron chi connectivity index (χ1n) is 4.42. The summed E-state index contributed by atoms with van der Waals surface area (Å²) in [6.07, 6.45) is 3.61. The van der Waals surface area contributed by atoms with Gasteiger partial charge in [-0.25, -0.2) is 4.79 Å². The molecule has 15 heavy (non-hydrogen) atoms. The molecule has 0 fully saturated rings. The molecule has 0 aromatic heterocycles. The number of carboxylic acid groups (broad SMARTS) is 1. The Morgan fingerprint density at radius 1 is 1.60 bits per heavy atom. The van der Waals surface area contributed by atoms with E-state index in [0.717, 1.165) is 0 Å². The number of ether oxygens (including phenoxy) is 1. The molecular weight excluding hydrogens is 216 g/mol. The fourth-order valence-electron chi connectivity index (χ4n) is 1.07. The van der Waals surface area contributed by atoms with Crippen LogP contribution in [0.5, 0.6) is 5.75 Å². The second-order valence-corrected chi connectivity index (χ2v) is 3.21. The topological polar surface area (TPSA) is 46.5 Å². The lowest BCUT2D eigenvalue weighted by atomic mass is 10.2. The maximum Gasteiger partial charge on any atom is 0.341 e. The summed E-state index contributed by atoms with van der Waals surface area (Å²) in [5.41, 5.74) is 0.00340. The highest BCUT2D eigenvalue weighted by atomic mass is 35.5. The van der Waals surface area contributed by atoms with E-state index in [9.17, 15) is 4.79 Å². The Labute approximate surface area is 92.9 Å². The molecule has 0 aliphatic heterocycles. The molecule has 80 valence electrons. The van der Waals surface area contributed by atoms with E-state index in [1.54, 1.807) is 18.2 Å². The number of rotatable bonds is 4. The normalized spacial score (nSPS) is 10.5. The fourth-order valence-corrected chi connectivity index (χ4v) is 1.31. The molecule has 0 aliphatic carbocycles. The molecule has 0 saturated carbocycles. The van der Waals surface area contributed by atoms with Crippen LogP contribution in [0, 0.1) is 0 Å². The molecule has 3 nitrogen and oxygen atoms in total. The second kappa shape index (κ2) is 5.41. The highest BCUT2D eigenvalue weighted by molar-refractivity contribution is 6.33. The molecule has 0 heterocycles. The first-order chi connectivity index (χ1) is 7.16. The van der Waals surface area contributed by atoms with Gasteiger partial charge in [0, 0.05) is 0 Å². The monoisotopic (exact) mass is 226 g/mol. The van der Waals surface area contributed by atoms with Crippen LogP contribution in [0.25, 0.3) is 0 Å². The molecule has 0 bridgehead atoms. The van der Waals surface area contributed by atoms with E-state index in [0.29, 0.717) is 6.61 Å². The van der Waals surface area contributed by atoms with Crippen LogP contribution in [0.3, 0.4) is 0 Å². The van der Waals surface area contributed by atoms with Crippen LogP contribution in [0.1, 0.15) is 17.3 Å². The molecule has 0 atom stereocenters. The number of aromatic carboxylic acids is 1. The number of halogens is 1. The number of benzene rings is 1. The van der Waals surface area contributed by atoms with Crippen molar-refractivity contribution in [1.29, 1.82) is 0 Å². The Morgan fingerprint density at radius 2 is 2.33 bits per heavy atom.